The molecule has 0 saturated carbocycles. The number of benzene rings is 2. The molecular weight excluding hydrogens is 596 g/mol. The van der Waals surface area contributed by atoms with Crippen molar-refractivity contribution in [3.05, 3.63) is 84.1 Å². The highest BCUT2D eigenvalue weighted by Gasteiger charge is 2.34. The number of nitrogens with one attached hydrogen (secondary N) is 3. The van der Waals surface area contributed by atoms with Crippen molar-refractivity contribution >= 4 is 34.7 Å². The van der Waals surface area contributed by atoms with Crippen molar-refractivity contribution < 1.29 is 23.9 Å². The van der Waals surface area contributed by atoms with Gasteiger partial charge in [0.25, 0.3) is 5.91 Å². The summed E-state index contributed by atoms with van der Waals surface area (Å²) in [4.78, 5) is 58.2. The van der Waals surface area contributed by atoms with Crippen molar-refractivity contribution in [1.82, 2.24) is 30.5 Å². The molecule has 3 rings (SSSR count). The van der Waals surface area contributed by atoms with E-state index in [0.717, 1.165) is 22.0 Å². The number of amides is 4. The summed E-state index contributed by atoms with van der Waals surface area (Å²) in [5.41, 5.74) is 1.35. The summed E-state index contributed by atoms with van der Waals surface area (Å²) in [5, 5.41) is 9.78. The van der Waals surface area contributed by atoms with Gasteiger partial charge < -0.3 is 25.3 Å². The fraction of sp³-hybridized carbons (Fsp3) is 0.444. The molecule has 0 unspecified atom stereocenters. The second-order valence-electron chi connectivity index (χ2n) is 13.6. The molecule has 47 heavy (non-hydrogen) atoms. The minimum absolute atomic E-state index is 0.203. The summed E-state index contributed by atoms with van der Waals surface area (Å²) in [7, 11) is 6.78. The first kappa shape index (κ1) is 36.8. The van der Waals surface area contributed by atoms with E-state index >= 15 is 0 Å². The molecule has 254 valence electrons. The molecule has 0 aliphatic carbocycles. The number of fused-ring (bicyclic) bond motifs is 1. The molecule has 0 saturated heterocycles. The standard InChI is InChI=1S/C36H50N6O5/c1-35(2,3)47-34(46)39-36(4,5)21-15-20-31(43)38-29(23-26-24-37-28-19-14-13-18-27(26)28)32(44)41(8)30(33(45)42(9)40(6)7)22-25-16-11-10-12-17-25/h10-20,24,29-30,37H,21-23H2,1-9H3,(H,38,43)(H,39,46)/t29-,30-/m1/s1. The van der Waals surface area contributed by atoms with Gasteiger partial charge in [0.05, 0.1) is 0 Å². The van der Waals surface area contributed by atoms with E-state index in [-0.39, 0.29) is 12.3 Å². The normalized spacial score (nSPS) is 13.3. The Balaban J connectivity index is 1.86. The van der Waals surface area contributed by atoms with Crippen LogP contribution in [-0.4, -0.2) is 95.1 Å². The molecule has 4 amide bonds. The summed E-state index contributed by atoms with van der Waals surface area (Å²) >= 11 is 0. The predicted molar refractivity (Wildman–Crippen MR) is 184 cm³/mol. The van der Waals surface area contributed by atoms with Gasteiger partial charge in [0.1, 0.15) is 17.7 Å². The topological polar surface area (TPSA) is 127 Å². The Morgan fingerprint density at radius 2 is 1.51 bits per heavy atom. The van der Waals surface area contributed by atoms with Crippen molar-refractivity contribution in [2.24, 2.45) is 0 Å². The van der Waals surface area contributed by atoms with Crippen molar-refractivity contribution in [3.8, 4) is 0 Å². The van der Waals surface area contributed by atoms with Crippen LogP contribution in [-0.2, 0) is 32.0 Å². The lowest BCUT2D eigenvalue weighted by molar-refractivity contribution is -0.153. The summed E-state index contributed by atoms with van der Waals surface area (Å²) < 4.78 is 5.36. The van der Waals surface area contributed by atoms with Crippen LogP contribution < -0.4 is 10.6 Å². The monoisotopic (exact) mass is 646 g/mol. The first-order chi connectivity index (χ1) is 22.0. The van der Waals surface area contributed by atoms with E-state index in [1.165, 1.54) is 16.0 Å². The van der Waals surface area contributed by atoms with E-state index in [1.54, 1.807) is 60.0 Å². The lowest BCUT2D eigenvalue weighted by atomic mass is 10.00. The van der Waals surface area contributed by atoms with Gasteiger partial charge in [0.2, 0.25) is 11.8 Å². The van der Waals surface area contributed by atoms with Crippen LogP contribution in [0.15, 0.2) is 72.9 Å². The molecule has 0 fully saturated rings. The summed E-state index contributed by atoms with van der Waals surface area (Å²) in [5.74, 6) is -1.13. The van der Waals surface area contributed by atoms with Crippen molar-refractivity contribution in [1.29, 1.82) is 0 Å². The minimum Gasteiger partial charge on any atom is -0.444 e. The van der Waals surface area contributed by atoms with E-state index in [2.05, 4.69) is 15.6 Å². The number of nitrogens with zero attached hydrogens (tertiary/aromatic N) is 3. The van der Waals surface area contributed by atoms with Gasteiger partial charge in [-0.15, -0.1) is 0 Å². The van der Waals surface area contributed by atoms with Crippen LogP contribution in [0, 0.1) is 0 Å². The van der Waals surface area contributed by atoms with Crippen LogP contribution >= 0.6 is 0 Å². The van der Waals surface area contributed by atoms with Gasteiger partial charge in [-0.25, -0.2) is 9.80 Å². The van der Waals surface area contributed by atoms with Gasteiger partial charge in [-0.2, -0.15) is 0 Å². The molecule has 0 radical (unpaired) electrons. The number of carbonyl (C=O) groups excluding carboxylic acids is 4. The first-order valence-electron chi connectivity index (χ1n) is 15.8. The van der Waals surface area contributed by atoms with Gasteiger partial charge in [-0.1, -0.05) is 54.6 Å². The molecule has 11 heteroatoms. The van der Waals surface area contributed by atoms with Gasteiger partial charge in [0.15, 0.2) is 0 Å². The lowest BCUT2D eigenvalue weighted by Gasteiger charge is -2.35. The maximum Gasteiger partial charge on any atom is 0.408 e. The molecular formula is C36H50N6O5. The average molecular weight is 647 g/mol. The number of aromatic amines is 1. The number of hydrazine groups is 1. The Morgan fingerprint density at radius 3 is 2.15 bits per heavy atom. The van der Waals surface area contributed by atoms with E-state index in [4.69, 9.17) is 4.74 Å². The Kier molecular flexibility index (Phi) is 12.4. The third-order valence-electron chi connectivity index (χ3n) is 7.74. The average Bonchev–Trinajstić information content (AvgIpc) is 3.39. The molecule has 1 heterocycles. The molecule has 2 aromatic carbocycles. The maximum atomic E-state index is 14.3. The highest BCUT2D eigenvalue weighted by Crippen LogP contribution is 2.21. The van der Waals surface area contributed by atoms with Crippen molar-refractivity contribution in [3.63, 3.8) is 0 Å². The number of alkyl carbamates (subject to hydrolysis) is 1. The third-order valence-corrected chi connectivity index (χ3v) is 7.74. The highest BCUT2D eigenvalue weighted by atomic mass is 16.6. The fourth-order valence-electron chi connectivity index (χ4n) is 5.07. The SMILES string of the molecule is CN(C(=O)[C@@H](Cc1c[nH]c2ccccc12)NC(=O)C=CCC(C)(C)NC(=O)OC(C)(C)C)[C@H](Cc1ccccc1)C(=O)N(C)N(C)C. The number of hydrogen-bond acceptors (Lipinski definition) is 6. The molecule has 3 aromatic rings. The highest BCUT2D eigenvalue weighted by molar-refractivity contribution is 5.95. The maximum absolute atomic E-state index is 14.3. The second kappa shape index (κ2) is 15.8. The quantitative estimate of drug-likeness (QED) is 0.186. The predicted octanol–water partition coefficient (Wildman–Crippen LogP) is 4.45. The molecule has 3 N–H and O–H groups in total. The van der Waals surface area contributed by atoms with E-state index in [1.807, 2.05) is 74.6 Å². The van der Waals surface area contributed by atoms with Crippen molar-refractivity contribution in [2.45, 2.75) is 77.1 Å². The Bertz CT molecular complexity index is 1560. The van der Waals surface area contributed by atoms with Crippen LogP contribution in [0.5, 0.6) is 0 Å². The van der Waals surface area contributed by atoms with Crippen LogP contribution in [0.4, 0.5) is 4.79 Å². The third kappa shape index (κ3) is 11.0. The smallest absolute Gasteiger partial charge is 0.408 e. The number of ether oxygens (including phenoxy) is 1. The molecule has 1 aromatic heterocycles. The van der Waals surface area contributed by atoms with E-state index in [9.17, 15) is 19.2 Å². The summed E-state index contributed by atoms with van der Waals surface area (Å²) in [6.07, 6.45) is 5.14. The zero-order chi connectivity index (χ0) is 34.9. The van der Waals surface area contributed by atoms with Crippen molar-refractivity contribution in [2.75, 3.05) is 28.2 Å². The Hall–Kier alpha value is -4.64. The summed E-state index contributed by atoms with van der Waals surface area (Å²) in [6, 6.07) is 15.5. The zero-order valence-electron chi connectivity index (χ0n) is 29.1. The number of hydrogen-bond donors (Lipinski definition) is 3. The fourth-order valence-corrected chi connectivity index (χ4v) is 5.07. The molecule has 0 bridgehead atoms. The molecule has 0 spiro atoms. The Morgan fingerprint density at radius 1 is 0.872 bits per heavy atom. The van der Waals surface area contributed by atoms with Crippen LogP contribution in [0.1, 0.15) is 52.2 Å². The van der Waals surface area contributed by atoms with Gasteiger partial charge >= 0.3 is 6.09 Å². The largest absolute Gasteiger partial charge is 0.444 e. The Labute approximate surface area is 278 Å². The molecule has 11 nitrogen and oxygen atoms in total. The number of likely N-dealkylation sites (N-methyl/N-ethyl adjacent to an activating group) is 2. The molecule has 0 aliphatic rings. The van der Waals surface area contributed by atoms with Crippen LogP contribution in [0.2, 0.25) is 0 Å². The second-order valence-corrected chi connectivity index (χ2v) is 13.6. The molecule has 0 aliphatic heterocycles. The number of H-pyrrole nitrogens is 1. The zero-order valence-corrected chi connectivity index (χ0v) is 29.1. The van der Waals surface area contributed by atoms with Crippen LogP contribution in [0.3, 0.4) is 0 Å². The van der Waals surface area contributed by atoms with E-state index < -0.39 is 41.1 Å². The van der Waals surface area contributed by atoms with E-state index in [0.29, 0.717) is 12.8 Å². The first-order valence-corrected chi connectivity index (χ1v) is 15.8. The number of rotatable bonds is 13. The van der Waals surface area contributed by atoms with Gasteiger partial charge in [-0.05, 0) is 64.3 Å². The van der Waals surface area contributed by atoms with Gasteiger partial charge in [-0.3, -0.25) is 19.4 Å². The number of aromatic nitrogens is 1. The minimum atomic E-state index is -0.972. The molecule has 2 atom stereocenters. The lowest BCUT2D eigenvalue weighted by Crippen LogP contribution is -2.57. The number of para-hydroxylation sites is 1. The summed E-state index contributed by atoms with van der Waals surface area (Å²) in [6.45, 7) is 9.01. The van der Waals surface area contributed by atoms with Gasteiger partial charge in [0, 0.05) is 63.7 Å². The van der Waals surface area contributed by atoms with Crippen LogP contribution in [0.25, 0.3) is 10.9 Å². The number of carbonyl (C=O) groups is 4.